The van der Waals surface area contributed by atoms with Gasteiger partial charge in [0.1, 0.15) is 10.4 Å². The second-order valence-corrected chi connectivity index (χ2v) is 10.9. The van der Waals surface area contributed by atoms with Gasteiger partial charge < -0.3 is 4.90 Å². The van der Waals surface area contributed by atoms with E-state index in [9.17, 15) is 14.4 Å². The molecule has 1 fully saturated rings. The van der Waals surface area contributed by atoms with Crippen LogP contribution < -0.4 is 11.2 Å². The lowest BCUT2D eigenvalue weighted by Crippen LogP contribution is -2.40. The molecule has 5 rings (SSSR count). The second kappa shape index (κ2) is 10.4. The fourth-order valence-electron chi connectivity index (χ4n) is 4.60. The van der Waals surface area contributed by atoms with Gasteiger partial charge in [-0.3, -0.25) is 18.7 Å². The van der Waals surface area contributed by atoms with Crippen molar-refractivity contribution in [2.24, 2.45) is 20.0 Å². The molecule has 0 spiro atoms. The van der Waals surface area contributed by atoms with Crippen LogP contribution in [0.15, 0.2) is 62.5 Å². The van der Waals surface area contributed by atoms with Crippen LogP contribution in [0.25, 0.3) is 21.7 Å². The van der Waals surface area contributed by atoms with Crippen LogP contribution in [0.5, 0.6) is 0 Å². The molecule has 0 bridgehead atoms. The number of carbonyl (C=O) groups is 1. The molecule has 4 aromatic rings. The number of thioether (sulfide) groups is 1. The van der Waals surface area contributed by atoms with E-state index in [-0.39, 0.29) is 22.7 Å². The zero-order chi connectivity index (χ0) is 25.2. The summed E-state index contributed by atoms with van der Waals surface area (Å²) >= 11 is 2.72. The van der Waals surface area contributed by atoms with Crippen LogP contribution in [0.2, 0.25) is 0 Å². The smallest absolute Gasteiger partial charge is 0.332 e. The van der Waals surface area contributed by atoms with Crippen molar-refractivity contribution in [3.8, 4) is 10.7 Å². The number of rotatable bonds is 6. The van der Waals surface area contributed by atoms with E-state index in [4.69, 9.17) is 0 Å². The Morgan fingerprint density at radius 3 is 2.47 bits per heavy atom. The van der Waals surface area contributed by atoms with Gasteiger partial charge in [-0.05, 0) is 42.2 Å². The number of likely N-dealkylation sites (tertiary alicyclic amines) is 1. The third kappa shape index (κ3) is 4.87. The van der Waals surface area contributed by atoms with Gasteiger partial charge in [-0.25, -0.2) is 14.8 Å². The average molecular weight is 522 g/mol. The van der Waals surface area contributed by atoms with E-state index < -0.39 is 11.2 Å². The van der Waals surface area contributed by atoms with Crippen molar-refractivity contribution in [1.82, 2.24) is 24.0 Å². The first-order chi connectivity index (χ1) is 17.4. The first-order valence-electron chi connectivity index (χ1n) is 11.9. The molecule has 1 aliphatic heterocycles. The van der Waals surface area contributed by atoms with Crippen LogP contribution in [0.4, 0.5) is 0 Å². The summed E-state index contributed by atoms with van der Waals surface area (Å²) in [4.78, 5) is 50.6. The summed E-state index contributed by atoms with van der Waals surface area (Å²) in [6.45, 7) is 1.47. The summed E-state index contributed by atoms with van der Waals surface area (Å²) < 4.78 is 2.42. The van der Waals surface area contributed by atoms with Gasteiger partial charge in [-0.2, -0.15) is 0 Å². The van der Waals surface area contributed by atoms with Crippen molar-refractivity contribution in [2.45, 2.75) is 24.3 Å². The minimum atomic E-state index is -0.456. The van der Waals surface area contributed by atoms with Crippen molar-refractivity contribution in [3.63, 3.8) is 0 Å². The zero-order valence-electron chi connectivity index (χ0n) is 20.2. The van der Waals surface area contributed by atoms with Gasteiger partial charge in [-0.1, -0.05) is 48.2 Å². The highest BCUT2D eigenvalue weighted by Gasteiger charge is 2.24. The first-order valence-corrected chi connectivity index (χ1v) is 13.7. The molecule has 1 saturated heterocycles. The summed E-state index contributed by atoms with van der Waals surface area (Å²) in [5, 5.41) is 2.61. The number of benzene rings is 1. The molecule has 186 valence electrons. The molecule has 0 N–H and O–H groups in total. The van der Waals surface area contributed by atoms with Crippen LogP contribution in [-0.2, 0) is 25.3 Å². The molecule has 10 heteroatoms. The normalized spacial score (nSPS) is 14.4. The maximum Gasteiger partial charge on any atom is 0.332 e. The van der Waals surface area contributed by atoms with Gasteiger partial charge in [-0.15, -0.1) is 11.3 Å². The lowest BCUT2D eigenvalue weighted by molar-refractivity contribution is -0.129. The van der Waals surface area contributed by atoms with Gasteiger partial charge in [0.25, 0.3) is 5.56 Å². The van der Waals surface area contributed by atoms with Gasteiger partial charge in [0.05, 0.1) is 10.6 Å². The predicted molar refractivity (Wildman–Crippen MR) is 144 cm³/mol. The lowest BCUT2D eigenvalue weighted by Gasteiger charge is -2.32. The quantitative estimate of drug-likeness (QED) is 0.286. The fraction of sp³-hybridized carbons (Fsp3) is 0.346. The van der Waals surface area contributed by atoms with Crippen molar-refractivity contribution < 1.29 is 4.79 Å². The number of aryl methyl sites for hydroxylation is 1. The number of nitrogens with zero attached hydrogens (tertiary/aromatic N) is 5. The van der Waals surface area contributed by atoms with E-state index >= 15 is 0 Å². The SMILES string of the molecule is Cn1c(=O)c2c(SCC(=O)N3CCC(Cc4ccccc4)CC3)nc(-c3cccs3)nc2n(C)c1=O. The minimum absolute atomic E-state index is 0.0317. The standard InChI is InChI=1S/C26H27N5O3S2/c1-29-23-21(25(33)30(2)26(29)34)24(28-22(27-23)19-9-6-14-35-19)36-16-20(32)31-12-10-18(11-13-31)15-17-7-4-3-5-8-17/h3-9,14,18H,10-13,15-16H2,1-2H3. The highest BCUT2D eigenvalue weighted by Crippen LogP contribution is 2.29. The van der Waals surface area contributed by atoms with Crippen molar-refractivity contribution in [2.75, 3.05) is 18.8 Å². The topological polar surface area (TPSA) is 90.1 Å². The second-order valence-electron chi connectivity index (χ2n) is 9.04. The Kier molecular flexibility index (Phi) is 7.06. The molecular weight excluding hydrogens is 494 g/mol. The third-order valence-corrected chi connectivity index (χ3v) is 8.50. The molecule has 0 aliphatic carbocycles. The van der Waals surface area contributed by atoms with E-state index in [0.29, 0.717) is 16.8 Å². The van der Waals surface area contributed by atoms with Gasteiger partial charge in [0.15, 0.2) is 11.5 Å². The number of hydrogen-bond donors (Lipinski definition) is 0. The Labute approximate surface area is 216 Å². The van der Waals surface area contributed by atoms with Crippen LogP contribution in [0, 0.1) is 5.92 Å². The van der Waals surface area contributed by atoms with Crippen molar-refractivity contribution in [3.05, 3.63) is 74.2 Å². The zero-order valence-corrected chi connectivity index (χ0v) is 21.8. The van der Waals surface area contributed by atoms with Crippen LogP contribution in [0.3, 0.4) is 0 Å². The number of carbonyl (C=O) groups excluding carboxylic acids is 1. The predicted octanol–water partition coefficient (Wildman–Crippen LogP) is 3.33. The van der Waals surface area contributed by atoms with Crippen molar-refractivity contribution >= 4 is 40.0 Å². The summed E-state index contributed by atoms with van der Waals surface area (Å²) in [6, 6.07) is 14.3. The molecule has 8 nitrogen and oxygen atoms in total. The number of amides is 1. The number of fused-ring (bicyclic) bond motifs is 1. The molecule has 36 heavy (non-hydrogen) atoms. The molecular formula is C26H27N5O3S2. The average Bonchev–Trinajstić information content (AvgIpc) is 3.45. The molecule has 0 radical (unpaired) electrons. The first kappa shape index (κ1) is 24.5. The molecule has 0 saturated carbocycles. The molecule has 0 unspecified atom stereocenters. The Morgan fingerprint density at radius 1 is 1.03 bits per heavy atom. The number of thiophene rings is 1. The van der Waals surface area contributed by atoms with Crippen molar-refractivity contribution in [1.29, 1.82) is 0 Å². The van der Waals surface area contributed by atoms with E-state index in [2.05, 4.69) is 34.2 Å². The molecule has 1 amide bonds. The van der Waals surface area contributed by atoms with Crippen LogP contribution in [-0.4, -0.2) is 48.8 Å². The van der Waals surface area contributed by atoms with E-state index in [1.165, 1.54) is 40.3 Å². The summed E-state index contributed by atoms with van der Waals surface area (Å²) in [5.74, 6) is 1.22. The molecule has 0 atom stereocenters. The molecule has 3 aromatic heterocycles. The lowest BCUT2D eigenvalue weighted by atomic mass is 9.90. The van der Waals surface area contributed by atoms with Gasteiger partial charge >= 0.3 is 5.69 Å². The maximum atomic E-state index is 13.1. The van der Waals surface area contributed by atoms with E-state index in [0.717, 1.165) is 41.8 Å². The van der Waals surface area contributed by atoms with E-state index in [1.54, 1.807) is 7.05 Å². The summed E-state index contributed by atoms with van der Waals surface area (Å²) in [7, 11) is 3.03. The fourth-order valence-corrected chi connectivity index (χ4v) is 6.18. The Balaban J connectivity index is 1.34. The highest BCUT2D eigenvalue weighted by atomic mass is 32.2. The highest BCUT2D eigenvalue weighted by molar-refractivity contribution is 8.00. The maximum absolute atomic E-state index is 13.1. The van der Waals surface area contributed by atoms with Crippen LogP contribution >= 0.6 is 23.1 Å². The van der Waals surface area contributed by atoms with Crippen LogP contribution in [0.1, 0.15) is 18.4 Å². The molecule has 4 heterocycles. The summed E-state index contributed by atoms with van der Waals surface area (Å²) in [5.41, 5.74) is 0.709. The third-order valence-electron chi connectivity index (χ3n) is 6.68. The molecule has 1 aromatic carbocycles. The van der Waals surface area contributed by atoms with Gasteiger partial charge in [0.2, 0.25) is 5.91 Å². The van der Waals surface area contributed by atoms with Gasteiger partial charge in [0, 0.05) is 27.2 Å². The minimum Gasteiger partial charge on any atom is -0.342 e. The Hall–Kier alpha value is -3.24. The Bertz CT molecular complexity index is 1500. The Morgan fingerprint density at radius 2 is 1.78 bits per heavy atom. The molecule has 1 aliphatic rings. The number of hydrogen-bond acceptors (Lipinski definition) is 7. The van der Waals surface area contributed by atoms with E-state index in [1.807, 2.05) is 28.5 Å². The summed E-state index contributed by atoms with van der Waals surface area (Å²) in [6.07, 6.45) is 3.00. The number of aromatic nitrogens is 4. The largest absolute Gasteiger partial charge is 0.342 e. The monoisotopic (exact) mass is 521 g/mol. The number of piperidine rings is 1.